The Morgan fingerprint density at radius 2 is 1.95 bits per heavy atom. The zero-order chi connectivity index (χ0) is 14.7. The molecule has 2 rings (SSSR count). The molecule has 0 radical (unpaired) electrons. The van der Waals surface area contributed by atoms with Gasteiger partial charge in [-0.05, 0) is 13.0 Å². The molecule has 0 aliphatic rings. The molecule has 0 bridgehead atoms. The maximum atomic E-state index is 6.17. The van der Waals surface area contributed by atoms with Crippen LogP contribution in [0.15, 0.2) is 18.3 Å². The first kappa shape index (κ1) is 14.7. The van der Waals surface area contributed by atoms with Crippen molar-refractivity contribution in [2.45, 2.75) is 6.92 Å². The molecule has 20 heavy (non-hydrogen) atoms. The number of rotatable bonds is 4. The molecular formula is C13H14Cl2N4O. The third-order valence-electron chi connectivity index (χ3n) is 2.69. The maximum Gasteiger partial charge on any atom is 0.224 e. The van der Waals surface area contributed by atoms with Gasteiger partial charge in [-0.2, -0.15) is 4.98 Å². The minimum Gasteiger partial charge on any atom is -0.495 e. The van der Waals surface area contributed by atoms with Crippen LogP contribution in [-0.4, -0.2) is 24.1 Å². The Hall–Kier alpha value is -1.72. The summed E-state index contributed by atoms with van der Waals surface area (Å²) in [6, 6.07) is 3.35. The third-order valence-corrected chi connectivity index (χ3v) is 3.30. The van der Waals surface area contributed by atoms with E-state index in [0.717, 1.165) is 5.56 Å². The second kappa shape index (κ2) is 6.15. The lowest BCUT2D eigenvalue weighted by Gasteiger charge is -2.13. The molecule has 5 nitrogen and oxygen atoms in total. The van der Waals surface area contributed by atoms with Crippen LogP contribution >= 0.6 is 23.2 Å². The molecule has 0 fully saturated rings. The minimum absolute atomic E-state index is 0.457. The first-order valence-electron chi connectivity index (χ1n) is 5.86. The van der Waals surface area contributed by atoms with Crippen LogP contribution in [-0.2, 0) is 0 Å². The van der Waals surface area contributed by atoms with Crippen molar-refractivity contribution in [3.63, 3.8) is 0 Å². The fourth-order valence-corrected chi connectivity index (χ4v) is 2.11. The molecule has 0 amide bonds. The summed E-state index contributed by atoms with van der Waals surface area (Å²) in [4.78, 5) is 8.47. The van der Waals surface area contributed by atoms with Gasteiger partial charge in [0.25, 0.3) is 0 Å². The van der Waals surface area contributed by atoms with Crippen LogP contribution < -0.4 is 15.4 Å². The van der Waals surface area contributed by atoms with Crippen LogP contribution in [0.4, 0.5) is 17.5 Å². The van der Waals surface area contributed by atoms with E-state index in [2.05, 4.69) is 20.6 Å². The minimum atomic E-state index is 0.457. The van der Waals surface area contributed by atoms with Gasteiger partial charge >= 0.3 is 0 Å². The number of nitrogens with one attached hydrogen (secondary N) is 2. The smallest absolute Gasteiger partial charge is 0.224 e. The quantitative estimate of drug-likeness (QED) is 0.897. The molecule has 2 N–H and O–H groups in total. The zero-order valence-corrected chi connectivity index (χ0v) is 12.8. The Morgan fingerprint density at radius 3 is 2.60 bits per heavy atom. The first-order chi connectivity index (χ1) is 9.55. The molecule has 0 spiro atoms. The Kier molecular flexibility index (Phi) is 4.52. The lowest BCUT2D eigenvalue weighted by atomic mass is 10.2. The first-order valence-corrected chi connectivity index (χ1v) is 6.62. The van der Waals surface area contributed by atoms with Crippen molar-refractivity contribution in [3.05, 3.63) is 33.9 Å². The molecule has 0 aliphatic heterocycles. The van der Waals surface area contributed by atoms with E-state index in [4.69, 9.17) is 27.9 Å². The molecular weight excluding hydrogens is 299 g/mol. The topological polar surface area (TPSA) is 59.1 Å². The zero-order valence-electron chi connectivity index (χ0n) is 11.3. The Labute approximate surface area is 127 Å². The molecule has 0 unspecified atom stereocenters. The largest absolute Gasteiger partial charge is 0.495 e. The highest BCUT2D eigenvalue weighted by Gasteiger charge is 2.10. The second-order valence-electron chi connectivity index (χ2n) is 4.07. The normalized spacial score (nSPS) is 10.2. The highest BCUT2D eigenvalue weighted by molar-refractivity contribution is 6.37. The highest BCUT2D eigenvalue weighted by atomic mass is 35.5. The average Bonchev–Trinajstić information content (AvgIpc) is 2.44. The number of nitrogens with zero attached hydrogens (tertiary/aromatic N) is 2. The molecule has 106 valence electrons. The van der Waals surface area contributed by atoms with E-state index in [1.165, 1.54) is 0 Å². The highest BCUT2D eigenvalue weighted by Crippen LogP contribution is 2.35. The summed E-state index contributed by atoms with van der Waals surface area (Å²) < 4.78 is 5.18. The van der Waals surface area contributed by atoms with Gasteiger partial charge in [-0.15, -0.1) is 0 Å². The van der Waals surface area contributed by atoms with Crippen molar-refractivity contribution >= 4 is 40.7 Å². The van der Waals surface area contributed by atoms with Gasteiger partial charge in [0, 0.05) is 24.9 Å². The van der Waals surface area contributed by atoms with Gasteiger partial charge < -0.3 is 15.4 Å². The van der Waals surface area contributed by atoms with E-state index in [9.17, 15) is 0 Å². The lowest BCUT2D eigenvalue weighted by Crippen LogP contribution is -2.03. The number of aromatic nitrogens is 2. The monoisotopic (exact) mass is 312 g/mol. The predicted molar refractivity (Wildman–Crippen MR) is 82.6 cm³/mol. The van der Waals surface area contributed by atoms with Gasteiger partial charge in [0.2, 0.25) is 5.95 Å². The number of ether oxygens (including phenoxy) is 1. The number of hydrogen-bond acceptors (Lipinski definition) is 5. The van der Waals surface area contributed by atoms with Gasteiger partial charge in [0.15, 0.2) is 0 Å². The summed E-state index contributed by atoms with van der Waals surface area (Å²) in [5.41, 5.74) is 1.56. The number of halogens is 2. The lowest BCUT2D eigenvalue weighted by molar-refractivity contribution is 0.415. The predicted octanol–water partition coefficient (Wildman–Crippen LogP) is 3.89. The molecule has 7 heteroatoms. The van der Waals surface area contributed by atoms with Crippen molar-refractivity contribution in [2.24, 2.45) is 0 Å². The molecule has 0 saturated carbocycles. The van der Waals surface area contributed by atoms with E-state index in [0.29, 0.717) is 33.2 Å². The van der Waals surface area contributed by atoms with Gasteiger partial charge in [0.1, 0.15) is 11.6 Å². The number of hydrogen-bond donors (Lipinski definition) is 2. The van der Waals surface area contributed by atoms with Gasteiger partial charge in [-0.25, -0.2) is 4.98 Å². The van der Waals surface area contributed by atoms with E-state index >= 15 is 0 Å². The third kappa shape index (κ3) is 3.05. The molecule has 2 aromatic rings. The molecule has 0 aliphatic carbocycles. The van der Waals surface area contributed by atoms with Crippen molar-refractivity contribution in [1.29, 1.82) is 0 Å². The maximum absolute atomic E-state index is 6.17. The summed E-state index contributed by atoms with van der Waals surface area (Å²) in [5, 5.41) is 6.98. The fraction of sp³-hybridized carbons (Fsp3) is 0.231. The van der Waals surface area contributed by atoms with Crippen molar-refractivity contribution in [2.75, 3.05) is 24.8 Å². The van der Waals surface area contributed by atoms with Crippen LogP contribution in [0.5, 0.6) is 5.75 Å². The van der Waals surface area contributed by atoms with Crippen molar-refractivity contribution in [1.82, 2.24) is 9.97 Å². The Morgan fingerprint density at radius 1 is 1.20 bits per heavy atom. The van der Waals surface area contributed by atoms with Gasteiger partial charge in [-0.1, -0.05) is 23.2 Å². The van der Waals surface area contributed by atoms with Gasteiger partial charge in [-0.3, -0.25) is 0 Å². The van der Waals surface area contributed by atoms with E-state index in [-0.39, 0.29) is 0 Å². The van der Waals surface area contributed by atoms with Crippen molar-refractivity contribution in [3.8, 4) is 5.75 Å². The van der Waals surface area contributed by atoms with Gasteiger partial charge in [0.05, 0.1) is 22.8 Å². The van der Waals surface area contributed by atoms with E-state index < -0.39 is 0 Å². The van der Waals surface area contributed by atoms with Crippen molar-refractivity contribution < 1.29 is 4.74 Å². The molecule has 0 saturated heterocycles. The summed E-state index contributed by atoms with van der Waals surface area (Å²) in [6.45, 7) is 1.91. The fourth-order valence-electron chi connectivity index (χ4n) is 1.60. The van der Waals surface area contributed by atoms with Crippen LogP contribution in [0, 0.1) is 6.92 Å². The van der Waals surface area contributed by atoms with E-state index in [1.54, 1.807) is 32.5 Å². The summed E-state index contributed by atoms with van der Waals surface area (Å²) in [5.74, 6) is 1.73. The summed E-state index contributed by atoms with van der Waals surface area (Å²) in [7, 11) is 3.31. The molecule has 1 heterocycles. The summed E-state index contributed by atoms with van der Waals surface area (Å²) in [6.07, 6.45) is 1.72. The Balaban J connectivity index is 2.39. The molecule has 0 atom stereocenters. The number of methoxy groups -OCH3 is 1. The SMILES string of the molecule is CNc1ncc(C)c(Nc2cc(OC)c(Cl)cc2Cl)n1. The molecule has 1 aromatic carbocycles. The Bertz CT molecular complexity index is 634. The van der Waals surface area contributed by atoms with Crippen LogP contribution in [0.3, 0.4) is 0 Å². The number of anilines is 3. The number of benzene rings is 1. The second-order valence-corrected chi connectivity index (χ2v) is 4.88. The standard InChI is InChI=1S/C13H14Cl2N4O/c1-7-6-17-13(16-2)19-12(7)18-10-5-11(20-3)9(15)4-8(10)14/h4-6H,1-3H3,(H2,16,17,18,19). The van der Waals surface area contributed by atoms with Crippen LogP contribution in [0.25, 0.3) is 0 Å². The average molecular weight is 313 g/mol. The van der Waals surface area contributed by atoms with Crippen LogP contribution in [0.1, 0.15) is 5.56 Å². The molecule has 1 aromatic heterocycles. The van der Waals surface area contributed by atoms with Crippen LogP contribution in [0.2, 0.25) is 10.0 Å². The summed E-state index contributed by atoms with van der Waals surface area (Å²) >= 11 is 12.2. The van der Waals surface area contributed by atoms with E-state index in [1.807, 2.05) is 6.92 Å². The number of aryl methyl sites for hydroxylation is 1.